The lowest BCUT2D eigenvalue weighted by Gasteiger charge is -2.26. The quantitative estimate of drug-likeness (QED) is 0.812. The third kappa shape index (κ3) is 4.47. The molecule has 0 aromatic heterocycles. The van der Waals surface area contributed by atoms with E-state index in [9.17, 15) is 13.2 Å². The molecule has 1 aromatic rings. The lowest BCUT2D eigenvalue weighted by atomic mass is 10.0. The molecule has 1 fully saturated rings. The first kappa shape index (κ1) is 17.3. The summed E-state index contributed by atoms with van der Waals surface area (Å²) in [6.45, 7) is 0.431. The minimum atomic E-state index is -3.41. The second kappa shape index (κ2) is 7.48. The third-order valence-electron chi connectivity index (χ3n) is 3.81. The predicted molar refractivity (Wildman–Crippen MR) is 87.8 cm³/mol. The highest BCUT2D eigenvalue weighted by Gasteiger charge is 2.34. The van der Waals surface area contributed by atoms with Crippen LogP contribution in [0.2, 0.25) is 0 Å². The molecule has 122 valence electrons. The average molecular weight is 343 g/mol. The Labute approximate surface area is 135 Å². The van der Waals surface area contributed by atoms with Crippen molar-refractivity contribution in [3.8, 4) is 0 Å². The van der Waals surface area contributed by atoms with Gasteiger partial charge in [0, 0.05) is 25.8 Å². The van der Waals surface area contributed by atoms with Crippen molar-refractivity contribution in [1.82, 2.24) is 5.32 Å². The minimum absolute atomic E-state index is 0.0375. The summed E-state index contributed by atoms with van der Waals surface area (Å²) in [5, 5.41) is 2.80. The monoisotopic (exact) mass is 343 g/mol. The van der Waals surface area contributed by atoms with Crippen LogP contribution < -0.4 is 5.32 Å². The Hall–Kier alpha value is -1.05. The van der Waals surface area contributed by atoms with Gasteiger partial charge in [-0.15, -0.1) is 0 Å². The number of carbonyl (C=O) groups is 1. The van der Waals surface area contributed by atoms with Gasteiger partial charge in [-0.25, -0.2) is 8.42 Å². The second-order valence-electron chi connectivity index (χ2n) is 5.35. The summed E-state index contributed by atoms with van der Waals surface area (Å²) in [4.78, 5) is 12.2. The molecule has 1 aliphatic heterocycles. The molecule has 1 unspecified atom stereocenters. The molecule has 1 aliphatic rings. The Morgan fingerprint density at radius 1 is 1.36 bits per heavy atom. The van der Waals surface area contributed by atoms with Gasteiger partial charge >= 0.3 is 0 Å². The molecule has 1 atom stereocenters. The smallest absolute Gasteiger partial charge is 0.221 e. The van der Waals surface area contributed by atoms with Crippen LogP contribution in [0, 0.1) is 0 Å². The molecular weight excluding hydrogens is 322 g/mol. The number of amides is 1. The van der Waals surface area contributed by atoms with Gasteiger partial charge in [0.1, 0.15) is 0 Å². The fourth-order valence-electron chi connectivity index (χ4n) is 2.28. The van der Waals surface area contributed by atoms with Crippen molar-refractivity contribution in [1.29, 1.82) is 0 Å². The lowest BCUT2D eigenvalue weighted by molar-refractivity contribution is -0.122. The molecule has 1 amide bonds. The molecule has 22 heavy (non-hydrogen) atoms. The first-order valence-electron chi connectivity index (χ1n) is 7.15. The van der Waals surface area contributed by atoms with Crippen LogP contribution in [-0.2, 0) is 19.4 Å². The van der Waals surface area contributed by atoms with E-state index in [-0.39, 0.29) is 28.6 Å². The van der Waals surface area contributed by atoms with Crippen LogP contribution in [0.1, 0.15) is 12.8 Å². The Balaban J connectivity index is 1.83. The summed E-state index contributed by atoms with van der Waals surface area (Å²) in [6.07, 6.45) is 0.862. The van der Waals surface area contributed by atoms with Crippen LogP contribution in [0.5, 0.6) is 0 Å². The summed E-state index contributed by atoms with van der Waals surface area (Å²) in [6, 6.07) is 8.20. The SMILES string of the molecule is COC1(CNC(=O)CCS(=O)(=O)c2ccccc2)CCSC1. The lowest BCUT2D eigenvalue weighted by Crippen LogP contribution is -2.44. The topological polar surface area (TPSA) is 72.5 Å². The normalized spacial score (nSPS) is 21.7. The van der Waals surface area contributed by atoms with Crippen LogP contribution in [0.25, 0.3) is 0 Å². The number of ether oxygens (including phenoxy) is 1. The zero-order valence-electron chi connectivity index (χ0n) is 12.6. The minimum Gasteiger partial charge on any atom is -0.376 e. The maximum absolute atomic E-state index is 12.1. The fraction of sp³-hybridized carbons (Fsp3) is 0.533. The van der Waals surface area contributed by atoms with Gasteiger partial charge in [-0.1, -0.05) is 18.2 Å². The van der Waals surface area contributed by atoms with Crippen LogP contribution in [-0.4, -0.2) is 50.8 Å². The predicted octanol–water partition coefficient (Wildman–Crippen LogP) is 1.49. The van der Waals surface area contributed by atoms with Gasteiger partial charge in [0.15, 0.2) is 9.84 Å². The summed E-state index contributed by atoms with van der Waals surface area (Å²) in [5.74, 6) is 1.43. The zero-order chi connectivity index (χ0) is 16.1. The van der Waals surface area contributed by atoms with Crippen molar-refractivity contribution >= 4 is 27.5 Å². The molecule has 1 aromatic carbocycles. The van der Waals surface area contributed by atoms with Gasteiger partial charge in [-0.05, 0) is 24.3 Å². The number of hydrogen-bond donors (Lipinski definition) is 1. The molecule has 1 heterocycles. The molecule has 5 nitrogen and oxygen atoms in total. The molecule has 0 spiro atoms. The Kier molecular flexibility index (Phi) is 5.88. The molecule has 0 saturated carbocycles. The molecule has 0 aliphatic carbocycles. The Morgan fingerprint density at radius 2 is 2.09 bits per heavy atom. The number of sulfone groups is 1. The van der Waals surface area contributed by atoms with Crippen molar-refractivity contribution in [2.75, 3.05) is 30.9 Å². The van der Waals surface area contributed by atoms with E-state index in [4.69, 9.17) is 4.74 Å². The van der Waals surface area contributed by atoms with Gasteiger partial charge in [-0.3, -0.25) is 4.79 Å². The number of benzene rings is 1. The van der Waals surface area contributed by atoms with E-state index < -0.39 is 9.84 Å². The summed E-state index contributed by atoms with van der Waals surface area (Å²) >= 11 is 1.80. The van der Waals surface area contributed by atoms with E-state index in [2.05, 4.69) is 5.32 Å². The number of rotatable bonds is 7. The van der Waals surface area contributed by atoms with E-state index in [0.29, 0.717) is 6.54 Å². The van der Waals surface area contributed by atoms with Crippen LogP contribution in [0.15, 0.2) is 35.2 Å². The maximum atomic E-state index is 12.1. The van der Waals surface area contributed by atoms with E-state index in [1.165, 1.54) is 0 Å². The molecule has 0 bridgehead atoms. The molecule has 7 heteroatoms. The number of methoxy groups -OCH3 is 1. The number of nitrogens with one attached hydrogen (secondary N) is 1. The van der Waals surface area contributed by atoms with E-state index in [1.54, 1.807) is 49.2 Å². The largest absolute Gasteiger partial charge is 0.376 e. The molecule has 1 N–H and O–H groups in total. The van der Waals surface area contributed by atoms with Crippen molar-refractivity contribution in [2.24, 2.45) is 0 Å². The number of carbonyl (C=O) groups excluding carboxylic acids is 1. The van der Waals surface area contributed by atoms with Crippen molar-refractivity contribution < 1.29 is 17.9 Å². The highest BCUT2D eigenvalue weighted by atomic mass is 32.2. The molecule has 1 saturated heterocycles. The summed E-state index contributed by atoms with van der Waals surface area (Å²) in [5.41, 5.74) is -0.307. The molecular formula is C15H21NO4S2. The second-order valence-corrected chi connectivity index (χ2v) is 8.56. The van der Waals surface area contributed by atoms with Crippen molar-refractivity contribution in [3.63, 3.8) is 0 Å². The highest BCUT2D eigenvalue weighted by molar-refractivity contribution is 7.99. The van der Waals surface area contributed by atoms with Crippen LogP contribution in [0.4, 0.5) is 0 Å². The first-order chi connectivity index (χ1) is 10.5. The van der Waals surface area contributed by atoms with Crippen molar-refractivity contribution in [2.45, 2.75) is 23.3 Å². The summed E-state index contributed by atoms with van der Waals surface area (Å²) < 4.78 is 29.7. The van der Waals surface area contributed by atoms with Gasteiger partial charge in [-0.2, -0.15) is 11.8 Å². The number of thioether (sulfide) groups is 1. The van der Waals surface area contributed by atoms with E-state index in [1.807, 2.05) is 0 Å². The zero-order valence-corrected chi connectivity index (χ0v) is 14.2. The Bertz CT molecular complexity index is 595. The van der Waals surface area contributed by atoms with E-state index in [0.717, 1.165) is 17.9 Å². The summed E-state index contributed by atoms with van der Waals surface area (Å²) in [7, 11) is -1.76. The highest BCUT2D eigenvalue weighted by Crippen LogP contribution is 2.30. The maximum Gasteiger partial charge on any atom is 0.221 e. The standard InChI is InChI=1S/C15H21NO4S2/c1-20-15(8-9-21-12-15)11-16-14(17)7-10-22(18,19)13-5-3-2-4-6-13/h2-6H,7-12H2,1H3,(H,16,17). The van der Waals surface area contributed by atoms with Gasteiger partial charge in [0.2, 0.25) is 5.91 Å². The van der Waals surface area contributed by atoms with Gasteiger partial charge < -0.3 is 10.1 Å². The molecule has 0 radical (unpaired) electrons. The third-order valence-corrected chi connectivity index (χ3v) is 6.76. The molecule has 2 rings (SSSR count). The average Bonchev–Trinajstić information content (AvgIpc) is 3.01. The fourth-order valence-corrected chi connectivity index (χ4v) is 4.94. The van der Waals surface area contributed by atoms with Crippen LogP contribution in [0.3, 0.4) is 0 Å². The number of hydrogen-bond acceptors (Lipinski definition) is 5. The van der Waals surface area contributed by atoms with Gasteiger partial charge in [0.05, 0.1) is 16.2 Å². The van der Waals surface area contributed by atoms with Gasteiger partial charge in [0.25, 0.3) is 0 Å². The van der Waals surface area contributed by atoms with Crippen molar-refractivity contribution in [3.05, 3.63) is 30.3 Å². The van der Waals surface area contributed by atoms with E-state index >= 15 is 0 Å². The first-order valence-corrected chi connectivity index (χ1v) is 9.96. The Morgan fingerprint density at radius 3 is 2.68 bits per heavy atom. The van der Waals surface area contributed by atoms with Crippen LogP contribution >= 0.6 is 11.8 Å².